The number of carbonyl (C=O) groups is 2. The van der Waals surface area contributed by atoms with Gasteiger partial charge in [-0.05, 0) is 31.4 Å². The molecule has 1 aromatic rings. The lowest BCUT2D eigenvalue weighted by atomic mass is 10.00. The van der Waals surface area contributed by atoms with Crippen LogP contribution in [0.3, 0.4) is 0 Å². The number of primary amides is 1. The number of unbranched alkanes of at least 4 members (excludes halogenated alkanes) is 1. The van der Waals surface area contributed by atoms with Gasteiger partial charge in [-0.3, -0.25) is 19.5 Å². The monoisotopic (exact) mass is 374 g/mol. The van der Waals surface area contributed by atoms with Crippen molar-refractivity contribution in [3.8, 4) is 0 Å². The van der Waals surface area contributed by atoms with Crippen LogP contribution in [-0.2, 0) is 4.79 Å². The maximum absolute atomic E-state index is 12.6. The molecule has 0 bridgehead atoms. The maximum atomic E-state index is 12.6. The van der Waals surface area contributed by atoms with Gasteiger partial charge in [0.25, 0.3) is 0 Å². The summed E-state index contributed by atoms with van der Waals surface area (Å²) in [6, 6.07) is 3.90. The van der Waals surface area contributed by atoms with Gasteiger partial charge in [-0.15, -0.1) is 0 Å². The van der Waals surface area contributed by atoms with E-state index in [2.05, 4.69) is 30.7 Å². The summed E-state index contributed by atoms with van der Waals surface area (Å²) in [4.78, 5) is 32.9. The molecule has 1 unspecified atom stereocenters. The third-order valence-corrected chi connectivity index (χ3v) is 5.64. The van der Waals surface area contributed by atoms with Gasteiger partial charge in [0.2, 0.25) is 11.8 Å². The molecule has 0 radical (unpaired) electrons. The van der Waals surface area contributed by atoms with Crippen LogP contribution in [0.25, 0.3) is 0 Å². The topological polar surface area (TPSA) is 79.5 Å². The van der Waals surface area contributed by atoms with Crippen LogP contribution in [0.2, 0.25) is 0 Å². The Morgan fingerprint density at radius 1 is 1.11 bits per heavy atom. The molecular formula is C21H34N4O2. The van der Waals surface area contributed by atoms with Gasteiger partial charge in [0, 0.05) is 38.3 Å². The highest BCUT2D eigenvalue weighted by molar-refractivity contribution is 5.92. The number of carbonyl (C=O) groups excluding carboxylic acids is 2. The molecule has 2 N–H and O–H groups in total. The molecule has 150 valence electrons. The van der Waals surface area contributed by atoms with Gasteiger partial charge >= 0.3 is 0 Å². The minimum atomic E-state index is -0.451. The molecule has 0 spiro atoms. The van der Waals surface area contributed by atoms with E-state index in [9.17, 15) is 9.59 Å². The predicted molar refractivity (Wildman–Crippen MR) is 107 cm³/mol. The van der Waals surface area contributed by atoms with Crippen molar-refractivity contribution in [3.05, 3.63) is 29.6 Å². The first-order valence-corrected chi connectivity index (χ1v) is 10.3. The number of amides is 2. The number of hydrogen-bond acceptors (Lipinski definition) is 4. The summed E-state index contributed by atoms with van der Waals surface area (Å²) in [6.07, 6.45) is 6.67. The van der Waals surface area contributed by atoms with Gasteiger partial charge in [-0.2, -0.15) is 0 Å². The standard InChI is InChI=1S/C21H34N4O2/c1-4-7-8-19(18-10-9-17(15-23-18)20(22)26)24-11-13-25(14-12-24)21(27)16(5-2)6-3/h9-10,15-16,19H,4-8,11-14H2,1-3H3,(H2,22,26). The smallest absolute Gasteiger partial charge is 0.250 e. The van der Waals surface area contributed by atoms with Gasteiger partial charge in [0.15, 0.2) is 0 Å². The molecule has 2 amide bonds. The third-order valence-electron chi connectivity index (χ3n) is 5.64. The highest BCUT2D eigenvalue weighted by Gasteiger charge is 2.29. The molecular weight excluding hydrogens is 340 g/mol. The van der Waals surface area contributed by atoms with E-state index in [1.807, 2.05) is 11.0 Å². The Morgan fingerprint density at radius 2 is 1.78 bits per heavy atom. The largest absolute Gasteiger partial charge is 0.366 e. The third kappa shape index (κ3) is 5.51. The lowest BCUT2D eigenvalue weighted by molar-refractivity contribution is -0.138. The summed E-state index contributed by atoms with van der Waals surface area (Å²) < 4.78 is 0. The summed E-state index contributed by atoms with van der Waals surface area (Å²) >= 11 is 0. The van der Waals surface area contributed by atoms with Crippen LogP contribution in [0.1, 0.15) is 75.0 Å². The zero-order valence-electron chi connectivity index (χ0n) is 17.0. The normalized spacial score (nSPS) is 16.5. The minimum absolute atomic E-state index is 0.149. The second-order valence-corrected chi connectivity index (χ2v) is 7.37. The van der Waals surface area contributed by atoms with E-state index < -0.39 is 5.91 Å². The Bertz CT molecular complexity index is 605. The number of nitrogens with two attached hydrogens (primary N) is 1. The fraction of sp³-hybridized carbons (Fsp3) is 0.667. The molecule has 2 heterocycles. The second-order valence-electron chi connectivity index (χ2n) is 7.37. The van der Waals surface area contributed by atoms with Crippen molar-refractivity contribution < 1.29 is 9.59 Å². The number of aromatic nitrogens is 1. The Balaban J connectivity index is 2.05. The molecule has 1 aliphatic rings. The second kappa shape index (κ2) is 10.4. The van der Waals surface area contributed by atoms with Crippen molar-refractivity contribution in [2.45, 2.75) is 58.9 Å². The average Bonchev–Trinajstić information content (AvgIpc) is 2.70. The summed E-state index contributed by atoms with van der Waals surface area (Å²) in [7, 11) is 0. The first kappa shape index (κ1) is 21.4. The van der Waals surface area contributed by atoms with Crippen molar-refractivity contribution in [1.82, 2.24) is 14.8 Å². The number of rotatable bonds is 9. The SMILES string of the molecule is CCCCC(c1ccc(C(N)=O)cn1)N1CCN(C(=O)C(CC)CC)CC1. The van der Waals surface area contributed by atoms with Crippen LogP contribution in [0.15, 0.2) is 18.3 Å². The van der Waals surface area contributed by atoms with Crippen molar-refractivity contribution in [2.75, 3.05) is 26.2 Å². The fourth-order valence-electron chi connectivity index (χ4n) is 3.81. The Hall–Kier alpha value is -1.95. The molecule has 0 aromatic carbocycles. The molecule has 27 heavy (non-hydrogen) atoms. The lowest BCUT2D eigenvalue weighted by Crippen LogP contribution is -2.51. The van der Waals surface area contributed by atoms with Crippen molar-refractivity contribution >= 4 is 11.8 Å². The fourth-order valence-corrected chi connectivity index (χ4v) is 3.81. The van der Waals surface area contributed by atoms with Crippen LogP contribution < -0.4 is 5.73 Å². The van der Waals surface area contributed by atoms with Crippen molar-refractivity contribution in [1.29, 1.82) is 0 Å². The molecule has 1 saturated heterocycles. The van der Waals surface area contributed by atoms with E-state index in [0.717, 1.165) is 64.0 Å². The Morgan fingerprint density at radius 3 is 2.26 bits per heavy atom. The van der Waals surface area contributed by atoms with Crippen molar-refractivity contribution in [3.63, 3.8) is 0 Å². The number of piperazine rings is 1. The van der Waals surface area contributed by atoms with Crippen LogP contribution in [0.4, 0.5) is 0 Å². The number of hydrogen-bond donors (Lipinski definition) is 1. The quantitative estimate of drug-likeness (QED) is 0.721. The molecule has 0 saturated carbocycles. The van der Waals surface area contributed by atoms with Crippen LogP contribution in [-0.4, -0.2) is 52.8 Å². The Labute approximate surface area is 163 Å². The molecule has 1 aromatic heterocycles. The van der Waals surface area contributed by atoms with Crippen LogP contribution >= 0.6 is 0 Å². The highest BCUT2D eigenvalue weighted by atomic mass is 16.2. The summed E-state index contributed by atoms with van der Waals surface area (Å²) in [6.45, 7) is 9.63. The zero-order chi connectivity index (χ0) is 19.8. The van der Waals surface area contributed by atoms with E-state index in [1.54, 1.807) is 12.3 Å². The first-order chi connectivity index (χ1) is 13.0. The van der Waals surface area contributed by atoms with Gasteiger partial charge in [0.05, 0.1) is 17.3 Å². The van der Waals surface area contributed by atoms with E-state index in [4.69, 9.17) is 5.73 Å². The molecule has 0 aliphatic carbocycles. The highest BCUT2D eigenvalue weighted by Crippen LogP contribution is 2.27. The summed E-state index contributed by atoms with van der Waals surface area (Å²) in [5.74, 6) is -0.00293. The lowest BCUT2D eigenvalue weighted by Gasteiger charge is -2.40. The zero-order valence-corrected chi connectivity index (χ0v) is 17.0. The van der Waals surface area contributed by atoms with Gasteiger partial charge < -0.3 is 10.6 Å². The minimum Gasteiger partial charge on any atom is -0.366 e. The van der Waals surface area contributed by atoms with Gasteiger partial charge in [-0.1, -0.05) is 33.6 Å². The van der Waals surface area contributed by atoms with Crippen molar-refractivity contribution in [2.24, 2.45) is 11.7 Å². The molecule has 2 rings (SSSR count). The molecule has 1 atom stereocenters. The van der Waals surface area contributed by atoms with Gasteiger partial charge in [-0.25, -0.2) is 0 Å². The maximum Gasteiger partial charge on any atom is 0.250 e. The summed E-state index contributed by atoms with van der Waals surface area (Å²) in [5.41, 5.74) is 6.75. The summed E-state index contributed by atoms with van der Waals surface area (Å²) in [5, 5.41) is 0. The van der Waals surface area contributed by atoms with Crippen LogP contribution in [0.5, 0.6) is 0 Å². The van der Waals surface area contributed by atoms with Gasteiger partial charge in [0.1, 0.15) is 0 Å². The first-order valence-electron chi connectivity index (χ1n) is 10.3. The van der Waals surface area contributed by atoms with Crippen LogP contribution in [0, 0.1) is 5.92 Å². The predicted octanol–water partition coefficient (Wildman–Crippen LogP) is 2.99. The molecule has 6 nitrogen and oxygen atoms in total. The molecule has 1 aliphatic heterocycles. The number of nitrogens with zero attached hydrogens (tertiary/aromatic N) is 3. The molecule has 6 heteroatoms. The van der Waals surface area contributed by atoms with E-state index in [0.29, 0.717) is 11.5 Å². The van der Waals surface area contributed by atoms with E-state index in [1.165, 1.54) is 0 Å². The average molecular weight is 375 g/mol. The van der Waals surface area contributed by atoms with E-state index in [-0.39, 0.29) is 12.0 Å². The Kier molecular flexibility index (Phi) is 8.23. The molecule has 1 fully saturated rings. The van der Waals surface area contributed by atoms with E-state index >= 15 is 0 Å². The number of pyridine rings is 1.